The monoisotopic (exact) mass is 378 g/mol. The standard InChI is InChI=1S/C18H26N4O3S/c1-13-12-26-16(20-13)11-21(2)18(23)14-6-10-25-17(14)15-5-7-19-22(15)8-4-9-24-3/h5,7,12,14,17H,4,6,8-11H2,1-3H3/t14-,17-/m0/s1. The smallest absolute Gasteiger partial charge is 0.228 e. The number of ether oxygens (including phenoxy) is 2. The van der Waals surface area contributed by atoms with Crippen LogP contribution in [0.2, 0.25) is 0 Å². The Labute approximate surface area is 157 Å². The summed E-state index contributed by atoms with van der Waals surface area (Å²) in [6.07, 6.45) is 3.13. The summed E-state index contributed by atoms with van der Waals surface area (Å²) in [4.78, 5) is 19.2. The highest BCUT2D eigenvalue weighted by molar-refractivity contribution is 7.09. The van der Waals surface area contributed by atoms with Gasteiger partial charge in [-0.15, -0.1) is 11.3 Å². The molecule has 0 aromatic carbocycles. The van der Waals surface area contributed by atoms with Crippen LogP contribution in [0.4, 0.5) is 0 Å². The van der Waals surface area contributed by atoms with Crippen LogP contribution in [0.15, 0.2) is 17.6 Å². The minimum absolute atomic E-state index is 0.102. The first-order valence-corrected chi connectivity index (χ1v) is 9.76. The molecular weight excluding hydrogens is 352 g/mol. The maximum Gasteiger partial charge on any atom is 0.228 e. The van der Waals surface area contributed by atoms with Crippen molar-refractivity contribution in [1.29, 1.82) is 0 Å². The summed E-state index contributed by atoms with van der Waals surface area (Å²) >= 11 is 1.59. The average Bonchev–Trinajstić information content (AvgIpc) is 3.35. The summed E-state index contributed by atoms with van der Waals surface area (Å²) in [6, 6.07) is 1.95. The summed E-state index contributed by atoms with van der Waals surface area (Å²) in [5.41, 5.74) is 1.96. The van der Waals surface area contributed by atoms with E-state index in [1.54, 1.807) is 29.5 Å². The Morgan fingerprint density at radius 2 is 2.38 bits per heavy atom. The number of carbonyl (C=O) groups is 1. The van der Waals surface area contributed by atoms with Gasteiger partial charge in [-0.05, 0) is 25.8 Å². The zero-order valence-corrected chi connectivity index (χ0v) is 16.4. The number of carbonyl (C=O) groups excluding carboxylic acids is 1. The molecule has 2 aromatic heterocycles. The molecular formula is C18H26N4O3S. The molecule has 0 bridgehead atoms. The molecule has 1 aliphatic rings. The fourth-order valence-electron chi connectivity index (χ4n) is 3.30. The second-order valence-corrected chi connectivity index (χ2v) is 7.53. The zero-order valence-electron chi connectivity index (χ0n) is 15.6. The molecule has 0 aliphatic carbocycles. The molecule has 0 unspecified atom stereocenters. The minimum atomic E-state index is -0.243. The van der Waals surface area contributed by atoms with Gasteiger partial charge in [0.1, 0.15) is 11.1 Å². The first kappa shape index (κ1) is 19.0. The maximum absolute atomic E-state index is 13.0. The van der Waals surface area contributed by atoms with Crippen LogP contribution in [0.3, 0.4) is 0 Å². The molecule has 1 amide bonds. The lowest BCUT2D eigenvalue weighted by Crippen LogP contribution is -2.34. The van der Waals surface area contributed by atoms with E-state index in [2.05, 4.69) is 10.1 Å². The number of methoxy groups -OCH3 is 1. The Kier molecular flexibility index (Phi) is 6.39. The third-order valence-electron chi connectivity index (χ3n) is 4.58. The molecule has 3 rings (SSSR count). The van der Waals surface area contributed by atoms with E-state index in [-0.39, 0.29) is 17.9 Å². The predicted octanol–water partition coefficient (Wildman–Crippen LogP) is 2.42. The van der Waals surface area contributed by atoms with Crippen LogP contribution in [0.1, 0.15) is 35.3 Å². The number of nitrogens with zero attached hydrogens (tertiary/aromatic N) is 4. The van der Waals surface area contributed by atoms with Crippen molar-refractivity contribution in [2.24, 2.45) is 5.92 Å². The molecule has 0 saturated carbocycles. The Bertz CT molecular complexity index is 730. The van der Waals surface area contributed by atoms with E-state index in [4.69, 9.17) is 9.47 Å². The summed E-state index contributed by atoms with van der Waals surface area (Å²) in [7, 11) is 3.53. The molecule has 8 heteroatoms. The van der Waals surface area contributed by atoms with Crippen molar-refractivity contribution in [2.45, 2.75) is 39.0 Å². The predicted molar refractivity (Wildman–Crippen MR) is 98.8 cm³/mol. The molecule has 0 radical (unpaired) electrons. The van der Waals surface area contributed by atoms with Gasteiger partial charge in [0.25, 0.3) is 0 Å². The highest BCUT2D eigenvalue weighted by Crippen LogP contribution is 2.36. The maximum atomic E-state index is 13.0. The first-order chi connectivity index (χ1) is 12.6. The van der Waals surface area contributed by atoms with Crippen LogP contribution in [-0.2, 0) is 27.4 Å². The summed E-state index contributed by atoms with van der Waals surface area (Å²) in [5, 5.41) is 7.35. The number of hydrogen-bond acceptors (Lipinski definition) is 6. The van der Waals surface area contributed by atoms with E-state index in [0.29, 0.717) is 19.8 Å². The average molecular weight is 378 g/mol. The van der Waals surface area contributed by atoms with E-state index in [1.807, 2.05) is 30.1 Å². The summed E-state index contributed by atoms with van der Waals surface area (Å²) in [6.45, 7) is 4.53. The largest absolute Gasteiger partial charge is 0.385 e. The molecule has 0 N–H and O–H groups in total. The lowest BCUT2D eigenvalue weighted by Gasteiger charge is -2.24. The highest BCUT2D eigenvalue weighted by atomic mass is 32.1. The fourth-order valence-corrected chi connectivity index (χ4v) is 4.13. The third kappa shape index (κ3) is 4.31. The van der Waals surface area contributed by atoms with Gasteiger partial charge in [0.15, 0.2) is 0 Å². The van der Waals surface area contributed by atoms with Gasteiger partial charge < -0.3 is 14.4 Å². The van der Waals surface area contributed by atoms with E-state index >= 15 is 0 Å². The molecule has 0 spiro atoms. The van der Waals surface area contributed by atoms with Crippen molar-refractivity contribution in [3.8, 4) is 0 Å². The van der Waals surface area contributed by atoms with Crippen molar-refractivity contribution < 1.29 is 14.3 Å². The van der Waals surface area contributed by atoms with Crippen LogP contribution in [0, 0.1) is 12.8 Å². The molecule has 1 aliphatic heterocycles. The molecule has 7 nitrogen and oxygen atoms in total. The van der Waals surface area contributed by atoms with Gasteiger partial charge in [-0.2, -0.15) is 5.10 Å². The van der Waals surface area contributed by atoms with Crippen molar-refractivity contribution in [1.82, 2.24) is 19.7 Å². The summed E-state index contributed by atoms with van der Waals surface area (Å²) < 4.78 is 13.0. The van der Waals surface area contributed by atoms with Gasteiger partial charge in [-0.3, -0.25) is 9.48 Å². The molecule has 2 aromatic rings. The second-order valence-electron chi connectivity index (χ2n) is 6.59. The Morgan fingerprint density at radius 3 is 3.12 bits per heavy atom. The zero-order chi connectivity index (χ0) is 18.5. The first-order valence-electron chi connectivity index (χ1n) is 8.88. The fraction of sp³-hybridized carbons (Fsp3) is 0.611. The van der Waals surface area contributed by atoms with Crippen LogP contribution >= 0.6 is 11.3 Å². The normalized spacial score (nSPS) is 19.8. The Hall–Kier alpha value is -1.77. The third-order valence-corrected chi connectivity index (χ3v) is 5.53. The lowest BCUT2D eigenvalue weighted by atomic mass is 9.97. The topological polar surface area (TPSA) is 69.5 Å². The lowest BCUT2D eigenvalue weighted by molar-refractivity contribution is -0.136. The van der Waals surface area contributed by atoms with Gasteiger partial charge in [0.2, 0.25) is 5.91 Å². The molecule has 2 atom stereocenters. The van der Waals surface area contributed by atoms with Crippen LogP contribution in [-0.4, -0.2) is 52.9 Å². The van der Waals surface area contributed by atoms with Crippen LogP contribution in [0.25, 0.3) is 0 Å². The van der Waals surface area contributed by atoms with Gasteiger partial charge in [-0.25, -0.2) is 4.98 Å². The van der Waals surface area contributed by atoms with E-state index < -0.39 is 0 Å². The number of aromatic nitrogens is 3. The number of hydrogen-bond donors (Lipinski definition) is 0. The SMILES string of the molecule is COCCCn1nccc1[C@H]1OCC[C@@H]1C(=O)N(C)Cc1nc(C)cs1. The van der Waals surface area contributed by atoms with Gasteiger partial charge in [0, 0.05) is 51.2 Å². The van der Waals surface area contributed by atoms with E-state index in [9.17, 15) is 4.79 Å². The van der Waals surface area contributed by atoms with Gasteiger partial charge in [-0.1, -0.05) is 0 Å². The van der Waals surface area contributed by atoms with Crippen molar-refractivity contribution in [2.75, 3.05) is 27.4 Å². The van der Waals surface area contributed by atoms with Crippen molar-refractivity contribution >= 4 is 17.2 Å². The summed E-state index contributed by atoms with van der Waals surface area (Å²) in [5.74, 6) is -0.0797. The van der Waals surface area contributed by atoms with Gasteiger partial charge in [0.05, 0.1) is 18.2 Å². The van der Waals surface area contributed by atoms with Crippen molar-refractivity contribution in [3.63, 3.8) is 0 Å². The molecule has 3 heterocycles. The highest BCUT2D eigenvalue weighted by Gasteiger charge is 2.38. The molecule has 1 saturated heterocycles. The molecule has 1 fully saturated rings. The molecule has 26 heavy (non-hydrogen) atoms. The number of thiazole rings is 1. The Balaban J connectivity index is 1.67. The molecule has 142 valence electrons. The van der Waals surface area contributed by atoms with E-state index in [0.717, 1.165) is 35.8 Å². The number of aryl methyl sites for hydroxylation is 2. The quantitative estimate of drug-likeness (QED) is 0.660. The van der Waals surface area contributed by atoms with Gasteiger partial charge >= 0.3 is 0 Å². The van der Waals surface area contributed by atoms with E-state index in [1.165, 1.54) is 0 Å². The second kappa shape index (κ2) is 8.75. The van der Waals surface area contributed by atoms with Crippen molar-refractivity contribution in [3.05, 3.63) is 34.0 Å². The van der Waals surface area contributed by atoms with Crippen LogP contribution in [0.5, 0.6) is 0 Å². The minimum Gasteiger partial charge on any atom is -0.385 e. The number of rotatable bonds is 8. The van der Waals surface area contributed by atoms with Crippen LogP contribution < -0.4 is 0 Å². The Morgan fingerprint density at radius 1 is 1.54 bits per heavy atom. The number of amides is 1.